The summed E-state index contributed by atoms with van der Waals surface area (Å²) >= 11 is 3.21. The first-order chi connectivity index (χ1) is 9.16. The summed E-state index contributed by atoms with van der Waals surface area (Å²) in [5.74, 6) is 0.0896. The van der Waals surface area contributed by atoms with Gasteiger partial charge in [-0.3, -0.25) is 4.79 Å². The van der Waals surface area contributed by atoms with Crippen molar-refractivity contribution >= 4 is 21.8 Å². The van der Waals surface area contributed by atoms with E-state index < -0.39 is 0 Å². The summed E-state index contributed by atoms with van der Waals surface area (Å²) in [6, 6.07) is 4.13. The maximum atomic E-state index is 12.9. The van der Waals surface area contributed by atoms with Crippen LogP contribution >= 0.6 is 15.9 Å². The van der Waals surface area contributed by atoms with Crippen LogP contribution in [0.5, 0.6) is 5.75 Å². The molecule has 0 aliphatic carbocycles. The second-order valence-corrected chi connectivity index (χ2v) is 5.20. The molecule has 1 aliphatic rings. The fraction of sp³-hybridized carbons (Fsp3) is 0.462. The zero-order valence-electron chi connectivity index (χ0n) is 10.5. The number of carbonyl (C=O) groups is 1. The minimum Gasteiger partial charge on any atom is -0.483 e. The Hall–Kier alpha value is -1.14. The van der Waals surface area contributed by atoms with Crippen LogP contribution < -0.4 is 10.1 Å². The third-order valence-corrected chi connectivity index (χ3v) is 3.56. The molecule has 0 radical (unpaired) electrons. The molecule has 1 amide bonds. The van der Waals surface area contributed by atoms with Gasteiger partial charge >= 0.3 is 0 Å². The van der Waals surface area contributed by atoms with Crippen LogP contribution in [0, 0.1) is 5.82 Å². The molecule has 4 nitrogen and oxygen atoms in total. The van der Waals surface area contributed by atoms with Gasteiger partial charge in [0.15, 0.2) is 6.61 Å². The number of nitrogens with zero attached hydrogens (tertiary/aromatic N) is 1. The van der Waals surface area contributed by atoms with Gasteiger partial charge < -0.3 is 15.0 Å². The predicted octanol–water partition coefficient (Wildman–Crippen LogP) is 1.79. The van der Waals surface area contributed by atoms with E-state index in [9.17, 15) is 9.18 Å². The summed E-state index contributed by atoms with van der Waals surface area (Å²) < 4.78 is 18.8. The van der Waals surface area contributed by atoms with Crippen molar-refractivity contribution in [2.24, 2.45) is 0 Å². The molecule has 19 heavy (non-hydrogen) atoms. The summed E-state index contributed by atoms with van der Waals surface area (Å²) in [6.07, 6.45) is 0.950. The highest BCUT2D eigenvalue weighted by atomic mass is 79.9. The van der Waals surface area contributed by atoms with E-state index in [1.807, 2.05) is 0 Å². The lowest BCUT2D eigenvalue weighted by molar-refractivity contribution is -0.133. The molecule has 0 aromatic heterocycles. The number of rotatable bonds is 3. The Morgan fingerprint density at radius 3 is 3.05 bits per heavy atom. The largest absolute Gasteiger partial charge is 0.483 e. The maximum Gasteiger partial charge on any atom is 0.260 e. The maximum absolute atomic E-state index is 12.9. The van der Waals surface area contributed by atoms with Crippen molar-refractivity contribution in [3.8, 4) is 5.75 Å². The number of benzene rings is 1. The van der Waals surface area contributed by atoms with Gasteiger partial charge in [-0.1, -0.05) is 0 Å². The molecule has 1 aliphatic heterocycles. The van der Waals surface area contributed by atoms with Crippen LogP contribution in [-0.2, 0) is 4.79 Å². The number of amides is 1. The average molecular weight is 331 g/mol. The number of ether oxygens (including phenoxy) is 1. The fourth-order valence-corrected chi connectivity index (χ4v) is 2.38. The van der Waals surface area contributed by atoms with E-state index >= 15 is 0 Å². The van der Waals surface area contributed by atoms with Crippen molar-refractivity contribution in [3.63, 3.8) is 0 Å². The molecule has 0 bridgehead atoms. The van der Waals surface area contributed by atoms with Crippen LogP contribution in [0.15, 0.2) is 22.7 Å². The number of halogens is 2. The minimum atomic E-state index is -0.343. The monoisotopic (exact) mass is 330 g/mol. The Kier molecular flexibility index (Phi) is 5.15. The van der Waals surface area contributed by atoms with Crippen LogP contribution in [0.4, 0.5) is 4.39 Å². The summed E-state index contributed by atoms with van der Waals surface area (Å²) in [7, 11) is 0. The van der Waals surface area contributed by atoms with Crippen molar-refractivity contribution in [2.75, 3.05) is 32.8 Å². The van der Waals surface area contributed by atoms with Gasteiger partial charge in [0, 0.05) is 19.6 Å². The zero-order valence-corrected chi connectivity index (χ0v) is 12.1. The summed E-state index contributed by atoms with van der Waals surface area (Å²) in [6.45, 7) is 3.18. The third-order valence-electron chi connectivity index (χ3n) is 2.94. The molecule has 1 aromatic carbocycles. The second-order valence-electron chi connectivity index (χ2n) is 4.35. The molecule has 0 spiro atoms. The van der Waals surface area contributed by atoms with Gasteiger partial charge in [-0.25, -0.2) is 4.39 Å². The van der Waals surface area contributed by atoms with E-state index in [4.69, 9.17) is 4.74 Å². The van der Waals surface area contributed by atoms with Crippen LogP contribution in [0.2, 0.25) is 0 Å². The van der Waals surface area contributed by atoms with Crippen LogP contribution in [0.1, 0.15) is 6.42 Å². The van der Waals surface area contributed by atoms with Gasteiger partial charge in [-0.2, -0.15) is 0 Å². The molecular formula is C13H16BrFN2O2. The average Bonchev–Trinajstić information content (AvgIpc) is 2.66. The van der Waals surface area contributed by atoms with Gasteiger partial charge in [0.25, 0.3) is 5.91 Å². The van der Waals surface area contributed by atoms with Crippen molar-refractivity contribution < 1.29 is 13.9 Å². The lowest BCUT2D eigenvalue weighted by Crippen LogP contribution is -2.37. The molecule has 0 unspecified atom stereocenters. The van der Waals surface area contributed by atoms with Crippen LogP contribution in [-0.4, -0.2) is 43.6 Å². The van der Waals surface area contributed by atoms with Crippen molar-refractivity contribution in [1.29, 1.82) is 0 Å². The standard InChI is InChI=1S/C13H16BrFN2O2/c14-11-8-10(15)2-3-12(11)19-9-13(18)17-6-1-4-16-5-7-17/h2-3,8,16H,1,4-7,9H2. The second kappa shape index (κ2) is 6.86. The number of hydrogen-bond donors (Lipinski definition) is 1. The molecule has 1 aromatic rings. The molecule has 1 saturated heterocycles. The van der Waals surface area contributed by atoms with E-state index in [0.29, 0.717) is 16.8 Å². The van der Waals surface area contributed by atoms with Gasteiger partial charge in [0.1, 0.15) is 11.6 Å². The highest BCUT2D eigenvalue weighted by Gasteiger charge is 2.16. The molecule has 0 saturated carbocycles. The lowest BCUT2D eigenvalue weighted by Gasteiger charge is -2.20. The SMILES string of the molecule is O=C(COc1ccc(F)cc1Br)N1CCCNCC1. The smallest absolute Gasteiger partial charge is 0.260 e. The summed E-state index contributed by atoms with van der Waals surface area (Å²) in [5, 5.41) is 3.24. The van der Waals surface area contributed by atoms with E-state index in [-0.39, 0.29) is 18.3 Å². The van der Waals surface area contributed by atoms with E-state index in [1.54, 1.807) is 4.90 Å². The van der Waals surface area contributed by atoms with E-state index in [1.165, 1.54) is 18.2 Å². The van der Waals surface area contributed by atoms with Crippen molar-refractivity contribution in [1.82, 2.24) is 10.2 Å². The quantitative estimate of drug-likeness (QED) is 0.918. The highest BCUT2D eigenvalue weighted by Crippen LogP contribution is 2.25. The van der Waals surface area contributed by atoms with E-state index in [2.05, 4.69) is 21.2 Å². The predicted molar refractivity (Wildman–Crippen MR) is 73.7 cm³/mol. The Morgan fingerprint density at radius 2 is 2.26 bits per heavy atom. The zero-order chi connectivity index (χ0) is 13.7. The fourth-order valence-electron chi connectivity index (χ4n) is 1.92. The molecule has 2 rings (SSSR count). The number of nitrogens with one attached hydrogen (secondary N) is 1. The highest BCUT2D eigenvalue weighted by molar-refractivity contribution is 9.10. The van der Waals surface area contributed by atoms with E-state index in [0.717, 1.165) is 26.1 Å². The number of hydrogen-bond acceptors (Lipinski definition) is 3. The Labute approximate surface area is 120 Å². The lowest BCUT2D eigenvalue weighted by atomic mass is 10.3. The van der Waals surface area contributed by atoms with Crippen molar-refractivity contribution in [3.05, 3.63) is 28.5 Å². The molecule has 1 N–H and O–H groups in total. The molecule has 104 valence electrons. The van der Waals surface area contributed by atoms with Crippen LogP contribution in [0.25, 0.3) is 0 Å². The van der Waals surface area contributed by atoms with Crippen LogP contribution in [0.3, 0.4) is 0 Å². The van der Waals surface area contributed by atoms with Gasteiger partial charge in [0.05, 0.1) is 4.47 Å². The summed E-state index contributed by atoms with van der Waals surface area (Å²) in [5.41, 5.74) is 0. The van der Waals surface area contributed by atoms with Gasteiger partial charge in [-0.05, 0) is 47.1 Å². The molecule has 6 heteroatoms. The van der Waals surface area contributed by atoms with Crippen molar-refractivity contribution in [2.45, 2.75) is 6.42 Å². The minimum absolute atomic E-state index is 0.0236. The molecule has 1 heterocycles. The number of carbonyl (C=O) groups excluding carboxylic acids is 1. The Balaban J connectivity index is 1.88. The first-order valence-electron chi connectivity index (χ1n) is 6.23. The Bertz CT molecular complexity index is 448. The normalized spacial score (nSPS) is 16.0. The Morgan fingerprint density at radius 1 is 1.42 bits per heavy atom. The summed E-state index contributed by atoms with van der Waals surface area (Å²) in [4.78, 5) is 13.8. The molecule has 1 fully saturated rings. The topological polar surface area (TPSA) is 41.6 Å². The molecule has 0 atom stereocenters. The first-order valence-corrected chi connectivity index (χ1v) is 7.02. The third kappa shape index (κ3) is 4.18. The molecular weight excluding hydrogens is 315 g/mol. The van der Waals surface area contributed by atoms with Gasteiger partial charge in [0.2, 0.25) is 0 Å². The first kappa shape index (κ1) is 14.3. The van der Waals surface area contributed by atoms with Gasteiger partial charge in [-0.15, -0.1) is 0 Å².